The van der Waals surface area contributed by atoms with Crippen molar-refractivity contribution < 1.29 is 9.59 Å². The maximum Gasteiger partial charge on any atom is 0.248 e. The molecule has 0 unspecified atom stereocenters. The minimum Gasteiger partial charge on any atom is -0.366 e. The number of amides is 2. The highest BCUT2D eigenvalue weighted by atomic mass is 32.2. The minimum absolute atomic E-state index is 0.442. The van der Waals surface area contributed by atoms with Crippen LogP contribution in [0.25, 0.3) is 0 Å². The van der Waals surface area contributed by atoms with Gasteiger partial charge in [-0.15, -0.1) is 0 Å². The van der Waals surface area contributed by atoms with Crippen LogP contribution in [0.3, 0.4) is 0 Å². The van der Waals surface area contributed by atoms with E-state index in [9.17, 15) is 9.59 Å². The van der Waals surface area contributed by atoms with Gasteiger partial charge in [0.1, 0.15) is 0 Å². The predicted molar refractivity (Wildman–Crippen MR) is 74.0 cm³/mol. The molecule has 0 spiro atoms. The van der Waals surface area contributed by atoms with Crippen molar-refractivity contribution in [1.29, 1.82) is 0 Å². The van der Waals surface area contributed by atoms with E-state index < -0.39 is 11.8 Å². The Hall–Kier alpha value is -2.27. The molecule has 0 aliphatic rings. The van der Waals surface area contributed by atoms with Crippen molar-refractivity contribution in [3.05, 3.63) is 59.7 Å². The lowest BCUT2D eigenvalue weighted by Crippen LogP contribution is -2.10. The van der Waals surface area contributed by atoms with E-state index >= 15 is 0 Å². The van der Waals surface area contributed by atoms with Gasteiger partial charge >= 0.3 is 0 Å². The van der Waals surface area contributed by atoms with Crippen LogP contribution < -0.4 is 11.5 Å². The van der Waals surface area contributed by atoms with Gasteiger partial charge in [-0.05, 0) is 48.5 Å². The lowest BCUT2D eigenvalue weighted by Gasteiger charge is -2.03. The van der Waals surface area contributed by atoms with Gasteiger partial charge in [0.15, 0.2) is 0 Å². The van der Waals surface area contributed by atoms with E-state index in [2.05, 4.69) is 0 Å². The van der Waals surface area contributed by atoms with Gasteiger partial charge in [0.2, 0.25) is 11.8 Å². The number of hydrogen-bond acceptors (Lipinski definition) is 3. The highest BCUT2D eigenvalue weighted by molar-refractivity contribution is 7.99. The van der Waals surface area contributed by atoms with E-state index in [0.29, 0.717) is 11.1 Å². The molecular weight excluding hydrogens is 260 g/mol. The third-order valence-electron chi connectivity index (χ3n) is 2.51. The molecule has 0 saturated carbocycles. The van der Waals surface area contributed by atoms with Crippen molar-refractivity contribution >= 4 is 23.6 Å². The molecule has 0 fully saturated rings. The second-order valence-corrected chi connectivity index (χ2v) is 5.03. The average Bonchev–Trinajstić information content (AvgIpc) is 2.40. The number of rotatable bonds is 4. The summed E-state index contributed by atoms with van der Waals surface area (Å²) in [6, 6.07) is 14.0. The first kappa shape index (κ1) is 13.2. The summed E-state index contributed by atoms with van der Waals surface area (Å²) in [6.07, 6.45) is 0. The average molecular weight is 272 g/mol. The molecule has 0 atom stereocenters. The highest BCUT2D eigenvalue weighted by Gasteiger charge is 2.03. The fraction of sp³-hybridized carbons (Fsp3) is 0. The standard InChI is InChI=1S/C14H12N2O2S/c15-13(17)9-1-5-11(6-2-9)19-12-7-3-10(4-8-12)14(16)18/h1-8H,(H2,15,17)(H2,16,18). The first-order valence-corrected chi connectivity index (χ1v) is 6.35. The van der Waals surface area contributed by atoms with Crippen LogP contribution in [-0.2, 0) is 0 Å². The van der Waals surface area contributed by atoms with E-state index in [4.69, 9.17) is 11.5 Å². The number of hydrogen-bond donors (Lipinski definition) is 2. The van der Waals surface area contributed by atoms with Crippen molar-refractivity contribution in [2.75, 3.05) is 0 Å². The van der Waals surface area contributed by atoms with Crippen molar-refractivity contribution in [3.8, 4) is 0 Å². The third-order valence-corrected chi connectivity index (χ3v) is 3.53. The van der Waals surface area contributed by atoms with Crippen LogP contribution in [0.4, 0.5) is 0 Å². The molecular formula is C14H12N2O2S. The van der Waals surface area contributed by atoms with Gasteiger partial charge in [-0.25, -0.2) is 0 Å². The molecule has 5 heteroatoms. The molecule has 0 heterocycles. The summed E-state index contributed by atoms with van der Waals surface area (Å²) in [7, 11) is 0. The Morgan fingerprint density at radius 2 is 1.00 bits per heavy atom. The van der Waals surface area contributed by atoms with Crippen molar-refractivity contribution in [3.63, 3.8) is 0 Å². The summed E-state index contributed by atoms with van der Waals surface area (Å²) in [4.78, 5) is 23.9. The minimum atomic E-state index is -0.442. The van der Waals surface area contributed by atoms with E-state index in [-0.39, 0.29) is 0 Å². The van der Waals surface area contributed by atoms with Crippen molar-refractivity contribution in [2.45, 2.75) is 9.79 Å². The molecule has 0 aliphatic heterocycles. The molecule has 0 radical (unpaired) electrons. The van der Waals surface area contributed by atoms with Crippen LogP contribution >= 0.6 is 11.8 Å². The van der Waals surface area contributed by atoms with Gasteiger partial charge in [0, 0.05) is 20.9 Å². The number of primary amides is 2. The Bertz CT molecular complexity index is 551. The third kappa shape index (κ3) is 3.35. The molecule has 2 aromatic rings. The van der Waals surface area contributed by atoms with E-state index in [1.807, 2.05) is 24.3 Å². The van der Waals surface area contributed by atoms with Gasteiger partial charge < -0.3 is 11.5 Å². The molecule has 0 saturated heterocycles. The predicted octanol–water partition coefficient (Wildman–Crippen LogP) is 2.04. The molecule has 0 aliphatic carbocycles. The lowest BCUT2D eigenvalue weighted by atomic mass is 10.2. The van der Waals surface area contributed by atoms with Crippen LogP contribution in [0.2, 0.25) is 0 Å². The number of carbonyl (C=O) groups is 2. The van der Waals surface area contributed by atoms with E-state index in [0.717, 1.165) is 9.79 Å². The van der Waals surface area contributed by atoms with E-state index in [1.165, 1.54) is 11.8 Å². The number of carbonyl (C=O) groups excluding carboxylic acids is 2. The van der Waals surface area contributed by atoms with Crippen LogP contribution in [0.1, 0.15) is 20.7 Å². The molecule has 0 aromatic heterocycles. The second-order valence-electron chi connectivity index (χ2n) is 3.88. The molecule has 4 N–H and O–H groups in total. The van der Waals surface area contributed by atoms with Crippen LogP contribution in [0.15, 0.2) is 58.3 Å². The van der Waals surface area contributed by atoms with Crippen LogP contribution in [-0.4, -0.2) is 11.8 Å². The zero-order chi connectivity index (χ0) is 13.8. The fourth-order valence-electron chi connectivity index (χ4n) is 1.51. The first-order chi connectivity index (χ1) is 9.06. The summed E-state index contributed by atoms with van der Waals surface area (Å²) >= 11 is 1.52. The Kier molecular flexibility index (Phi) is 3.87. The van der Waals surface area contributed by atoms with Gasteiger partial charge in [-0.3, -0.25) is 9.59 Å². The SMILES string of the molecule is NC(=O)c1ccc(Sc2ccc(C(N)=O)cc2)cc1. The highest BCUT2D eigenvalue weighted by Crippen LogP contribution is 2.27. The van der Waals surface area contributed by atoms with Gasteiger partial charge in [0.05, 0.1) is 0 Å². The zero-order valence-corrected chi connectivity index (χ0v) is 10.8. The molecule has 2 amide bonds. The quantitative estimate of drug-likeness (QED) is 0.893. The zero-order valence-electron chi connectivity index (χ0n) is 10.00. The monoisotopic (exact) mass is 272 g/mol. The maximum absolute atomic E-state index is 10.9. The van der Waals surface area contributed by atoms with Crippen LogP contribution in [0.5, 0.6) is 0 Å². The summed E-state index contributed by atoms with van der Waals surface area (Å²) in [5.74, 6) is -0.885. The molecule has 96 valence electrons. The summed E-state index contributed by atoms with van der Waals surface area (Å²) in [5.41, 5.74) is 11.3. The Morgan fingerprint density at radius 1 is 0.684 bits per heavy atom. The second kappa shape index (κ2) is 5.58. The van der Waals surface area contributed by atoms with Gasteiger partial charge in [-0.2, -0.15) is 0 Å². The summed E-state index contributed by atoms with van der Waals surface area (Å²) in [6.45, 7) is 0. The fourth-order valence-corrected chi connectivity index (χ4v) is 2.33. The Balaban J connectivity index is 2.12. The van der Waals surface area contributed by atoms with Gasteiger partial charge in [-0.1, -0.05) is 11.8 Å². The lowest BCUT2D eigenvalue weighted by molar-refractivity contribution is 0.0992. The summed E-state index contributed by atoms with van der Waals surface area (Å²) in [5, 5.41) is 0. The first-order valence-electron chi connectivity index (χ1n) is 5.54. The number of nitrogens with two attached hydrogens (primary N) is 2. The molecule has 2 rings (SSSR count). The summed E-state index contributed by atoms with van der Waals surface area (Å²) < 4.78 is 0. The Labute approximate surface area is 114 Å². The molecule has 0 bridgehead atoms. The van der Waals surface area contributed by atoms with Crippen LogP contribution in [0, 0.1) is 0 Å². The molecule has 2 aromatic carbocycles. The smallest absolute Gasteiger partial charge is 0.248 e. The van der Waals surface area contributed by atoms with Crippen molar-refractivity contribution in [1.82, 2.24) is 0 Å². The normalized spacial score (nSPS) is 10.1. The largest absolute Gasteiger partial charge is 0.366 e. The molecule has 4 nitrogen and oxygen atoms in total. The molecule has 19 heavy (non-hydrogen) atoms. The topological polar surface area (TPSA) is 86.2 Å². The van der Waals surface area contributed by atoms with Gasteiger partial charge in [0.25, 0.3) is 0 Å². The Morgan fingerprint density at radius 3 is 1.26 bits per heavy atom. The maximum atomic E-state index is 10.9. The van der Waals surface area contributed by atoms with Crippen molar-refractivity contribution in [2.24, 2.45) is 11.5 Å². The van der Waals surface area contributed by atoms with E-state index in [1.54, 1.807) is 24.3 Å². The number of benzene rings is 2.